The number of piperidine rings is 2. The predicted molar refractivity (Wildman–Crippen MR) is 147 cm³/mol. The lowest BCUT2D eigenvalue weighted by atomic mass is 9.99. The molecule has 0 radical (unpaired) electrons. The SMILES string of the molecule is CCOC(=O)c1nn(C(C)c2ccc(Cl)cc2Cl)c2nc(N3CCC(N4CCCCC4)C(Cl)C3)cnc12. The lowest BCUT2D eigenvalue weighted by Gasteiger charge is -2.43. The molecule has 2 fully saturated rings. The third kappa shape index (κ3) is 5.39. The first-order chi connectivity index (χ1) is 17.9. The van der Waals surface area contributed by atoms with E-state index in [9.17, 15) is 4.79 Å². The molecule has 0 N–H and O–H groups in total. The normalized spacial score (nSPS) is 21.8. The Morgan fingerprint density at radius 2 is 1.97 bits per heavy atom. The van der Waals surface area contributed by atoms with Crippen molar-refractivity contribution in [2.75, 3.05) is 37.7 Å². The van der Waals surface area contributed by atoms with E-state index in [1.807, 2.05) is 13.0 Å². The first-order valence-corrected chi connectivity index (χ1v) is 14.1. The van der Waals surface area contributed by atoms with Crippen LogP contribution in [0.4, 0.5) is 5.82 Å². The number of hydrogen-bond donors (Lipinski definition) is 0. The molecule has 11 heteroatoms. The third-order valence-electron chi connectivity index (χ3n) is 7.33. The van der Waals surface area contributed by atoms with E-state index in [2.05, 4.69) is 19.9 Å². The zero-order valence-corrected chi connectivity index (χ0v) is 23.3. The first kappa shape index (κ1) is 26.5. The molecule has 0 aliphatic carbocycles. The molecular formula is C26H31Cl3N6O2. The fourth-order valence-electron chi connectivity index (χ4n) is 5.39. The number of halogens is 3. The zero-order valence-electron chi connectivity index (χ0n) is 21.0. The number of nitrogens with zero attached hydrogens (tertiary/aromatic N) is 6. The van der Waals surface area contributed by atoms with E-state index < -0.39 is 5.97 Å². The molecule has 0 saturated carbocycles. The van der Waals surface area contributed by atoms with Crippen LogP contribution >= 0.6 is 34.8 Å². The fourth-order valence-corrected chi connectivity index (χ4v) is 6.41. The Labute approximate surface area is 231 Å². The van der Waals surface area contributed by atoms with Crippen LogP contribution in [0.25, 0.3) is 11.2 Å². The number of benzene rings is 1. The number of hydrogen-bond acceptors (Lipinski definition) is 7. The van der Waals surface area contributed by atoms with Gasteiger partial charge in [-0.25, -0.2) is 19.4 Å². The lowest BCUT2D eigenvalue weighted by molar-refractivity contribution is 0.0520. The number of fused-ring (bicyclic) bond motifs is 1. The van der Waals surface area contributed by atoms with Crippen LogP contribution in [-0.4, -0.2) is 74.8 Å². The summed E-state index contributed by atoms with van der Waals surface area (Å²) in [6.07, 6.45) is 6.46. The number of anilines is 1. The van der Waals surface area contributed by atoms with Gasteiger partial charge in [-0.1, -0.05) is 35.7 Å². The van der Waals surface area contributed by atoms with E-state index in [0.29, 0.717) is 39.6 Å². The summed E-state index contributed by atoms with van der Waals surface area (Å²) in [5.41, 5.74) is 1.82. The van der Waals surface area contributed by atoms with E-state index >= 15 is 0 Å². The maximum Gasteiger partial charge on any atom is 0.361 e. The minimum Gasteiger partial charge on any atom is -0.461 e. The Bertz CT molecular complexity index is 1280. The Kier molecular flexibility index (Phi) is 8.10. The third-order valence-corrected chi connectivity index (χ3v) is 8.32. The van der Waals surface area contributed by atoms with Crippen LogP contribution in [0.1, 0.15) is 61.6 Å². The van der Waals surface area contributed by atoms with Gasteiger partial charge in [0.2, 0.25) is 0 Å². The minimum atomic E-state index is -0.536. The highest BCUT2D eigenvalue weighted by Gasteiger charge is 2.34. The monoisotopic (exact) mass is 564 g/mol. The van der Waals surface area contributed by atoms with Crippen molar-refractivity contribution in [3.8, 4) is 0 Å². The quantitative estimate of drug-likeness (QED) is 0.285. The number of aromatic nitrogens is 4. The van der Waals surface area contributed by atoms with E-state index in [1.165, 1.54) is 19.3 Å². The molecule has 3 atom stereocenters. The van der Waals surface area contributed by atoms with E-state index in [4.69, 9.17) is 44.5 Å². The highest BCUT2D eigenvalue weighted by molar-refractivity contribution is 6.35. The van der Waals surface area contributed by atoms with Crippen molar-refractivity contribution in [1.29, 1.82) is 0 Å². The molecule has 8 nitrogen and oxygen atoms in total. The van der Waals surface area contributed by atoms with Crippen molar-refractivity contribution in [3.05, 3.63) is 45.7 Å². The standard InChI is InChI=1S/C26H31Cl3N6O2/c1-3-37-26(36)24-23-25(35(32-24)16(2)18-8-7-17(27)13-19(18)28)31-22(14-30-23)34-12-9-21(20(29)15-34)33-10-5-4-6-11-33/h7-8,13-14,16,20-21H,3-6,9-12,15H2,1-2H3. The van der Waals surface area contributed by atoms with Crippen molar-refractivity contribution in [2.45, 2.75) is 57.0 Å². The van der Waals surface area contributed by atoms with Crippen LogP contribution in [0.5, 0.6) is 0 Å². The van der Waals surface area contributed by atoms with Crippen LogP contribution in [0.3, 0.4) is 0 Å². The zero-order chi connectivity index (χ0) is 26.1. The smallest absolute Gasteiger partial charge is 0.361 e. The summed E-state index contributed by atoms with van der Waals surface area (Å²) in [6.45, 7) is 7.71. The number of likely N-dealkylation sites (tertiary alicyclic amines) is 1. The molecule has 37 heavy (non-hydrogen) atoms. The van der Waals surface area contributed by atoms with Crippen LogP contribution in [-0.2, 0) is 4.74 Å². The summed E-state index contributed by atoms with van der Waals surface area (Å²) in [5.74, 6) is 0.173. The van der Waals surface area contributed by atoms with Crippen LogP contribution in [0, 0.1) is 0 Å². The van der Waals surface area contributed by atoms with Crippen LogP contribution in [0.2, 0.25) is 10.0 Å². The number of rotatable bonds is 6. The summed E-state index contributed by atoms with van der Waals surface area (Å²) in [6, 6.07) is 5.38. The van der Waals surface area contributed by atoms with Crippen molar-refractivity contribution in [3.63, 3.8) is 0 Å². The summed E-state index contributed by atoms with van der Waals surface area (Å²) in [4.78, 5) is 27.0. The number of esters is 1. The molecule has 0 amide bonds. The van der Waals surface area contributed by atoms with Gasteiger partial charge >= 0.3 is 5.97 Å². The van der Waals surface area contributed by atoms with Gasteiger partial charge in [0.15, 0.2) is 11.3 Å². The van der Waals surface area contributed by atoms with Gasteiger partial charge in [-0.3, -0.25) is 4.90 Å². The molecule has 3 unspecified atom stereocenters. The number of carbonyl (C=O) groups is 1. The maximum absolute atomic E-state index is 12.7. The minimum absolute atomic E-state index is 0.00357. The molecule has 4 heterocycles. The van der Waals surface area contributed by atoms with Crippen molar-refractivity contribution >= 4 is 57.8 Å². The van der Waals surface area contributed by atoms with Crippen molar-refractivity contribution in [2.24, 2.45) is 0 Å². The Morgan fingerprint density at radius 3 is 2.68 bits per heavy atom. The molecule has 0 spiro atoms. The lowest BCUT2D eigenvalue weighted by Crippen LogP contribution is -2.53. The number of ether oxygens (including phenoxy) is 1. The number of alkyl halides is 1. The van der Waals surface area contributed by atoms with Crippen molar-refractivity contribution in [1.82, 2.24) is 24.6 Å². The van der Waals surface area contributed by atoms with Gasteiger partial charge in [-0.15, -0.1) is 11.6 Å². The van der Waals surface area contributed by atoms with Gasteiger partial charge in [-0.05, 0) is 63.9 Å². The molecule has 2 aliphatic heterocycles. The highest BCUT2D eigenvalue weighted by atomic mass is 35.5. The highest BCUT2D eigenvalue weighted by Crippen LogP contribution is 2.32. The van der Waals surface area contributed by atoms with Gasteiger partial charge in [0.25, 0.3) is 0 Å². The summed E-state index contributed by atoms with van der Waals surface area (Å²) < 4.78 is 6.93. The summed E-state index contributed by atoms with van der Waals surface area (Å²) in [7, 11) is 0. The van der Waals surface area contributed by atoms with Gasteiger partial charge in [0.05, 0.1) is 24.2 Å². The van der Waals surface area contributed by atoms with Crippen molar-refractivity contribution < 1.29 is 9.53 Å². The number of carbonyl (C=O) groups excluding carboxylic acids is 1. The average Bonchev–Trinajstić information content (AvgIpc) is 3.28. The Balaban J connectivity index is 1.48. The first-order valence-electron chi connectivity index (χ1n) is 12.9. The molecular weight excluding hydrogens is 535 g/mol. The predicted octanol–water partition coefficient (Wildman–Crippen LogP) is 5.59. The molecule has 2 aliphatic rings. The molecule has 0 bridgehead atoms. The van der Waals surface area contributed by atoms with Gasteiger partial charge in [0.1, 0.15) is 11.3 Å². The van der Waals surface area contributed by atoms with Gasteiger partial charge < -0.3 is 9.64 Å². The van der Waals surface area contributed by atoms with Gasteiger partial charge in [0, 0.05) is 29.2 Å². The van der Waals surface area contributed by atoms with Crippen LogP contribution in [0.15, 0.2) is 24.4 Å². The molecule has 5 rings (SSSR count). The fraction of sp³-hybridized carbons (Fsp3) is 0.538. The second-order valence-corrected chi connectivity index (χ2v) is 11.1. The molecule has 198 valence electrons. The van der Waals surface area contributed by atoms with E-state index in [-0.39, 0.29) is 23.7 Å². The van der Waals surface area contributed by atoms with E-state index in [1.54, 1.807) is 29.9 Å². The molecule has 3 aromatic rings. The summed E-state index contributed by atoms with van der Waals surface area (Å²) >= 11 is 19.5. The second kappa shape index (κ2) is 11.3. The molecule has 1 aromatic carbocycles. The largest absolute Gasteiger partial charge is 0.461 e. The second-order valence-electron chi connectivity index (χ2n) is 9.67. The molecule has 2 saturated heterocycles. The Hall–Kier alpha value is -2.13. The van der Waals surface area contributed by atoms with E-state index in [0.717, 1.165) is 31.6 Å². The summed E-state index contributed by atoms with van der Waals surface area (Å²) in [5, 5.41) is 5.65. The Morgan fingerprint density at radius 1 is 1.19 bits per heavy atom. The van der Waals surface area contributed by atoms with Gasteiger partial charge in [-0.2, -0.15) is 5.10 Å². The average molecular weight is 566 g/mol. The van der Waals surface area contributed by atoms with Crippen LogP contribution < -0.4 is 4.90 Å². The molecule has 2 aromatic heterocycles. The topological polar surface area (TPSA) is 76.4 Å². The maximum atomic E-state index is 12.7.